The average molecular weight is 226 g/mol. The summed E-state index contributed by atoms with van der Waals surface area (Å²) in [5.74, 6) is -0.154. The smallest absolute Gasteiger partial charge is 0.302 e. The van der Waals surface area contributed by atoms with Gasteiger partial charge >= 0.3 is 5.97 Å². The molecule has 0 radical (unpaired) electrons. The van der Waals surface area contributed by atoms with Crippen molar-refractivity contribution in [3.8, 4) is 0 Å². The van der Waals surface area contributed by atoms with Gasteiger partial charge < -0.3 is 4.74 Å². The van der Waals surface area contributed by atoms with Gasteiger partial charge in [-0.1, -0.05) is 41.5 Å². The predicted octanol–water partition coefficient (Wildman–Crippen LogP) is 3.79. The van der Waals surface area contributed by atoms with Gasteiger partial charge in [0.25, 0.3) is 0 Å². The molecule has 2 nitrogen and oxygen atoms in total. The topological polar surface area (TPSA) is 26.3 Å². The second-order valence-corrected chi connectivity index (χ2v) is 6.58. The largest absolute Gasteiger partial charge is 0.462 e. The highest BCUT2D eigenvalue weighted by molar-refractivity contribution is 5.66. The van der Waals surface area contributed by atoms with Crippen LogP contribution in [-0.4, -0.2) is 12.1 Å². The van der Waals surface area contributed by atoms with Gasteiger partial charge in [0.15, 0.2) is 0 Å². The standard InChI is InChI=1S/C14H26O2/c1-8-14(7)11(16-10(2)15)9-12(3,4)13(14,5)6/h11H,8-9H2,1-7H3. The zero-order valence-electron chi connectivity index (χ0n) is 11.8. The molecule has 1 saturated carbocycles. The fourth-order valence-corrected chi connectivity index (χ4v) is 3.16. The fraction of sp³-hybridized carbons (Fsp3) is 0.929. The molecule has 0 N–H and O–H groups in total. The maximum absolute atomic E-state index is 11.2. The second kappa shape index (κ2) is 3.75. The van der Waals surface area contributed by atoms with E-state index >= 15 is 0 Å². The minimum Gasteiger partial charge on any atom is -0.462 e. The van der Waals surface area contributed by atoms with Gasteiger partial charge in [0.1, 0.15) is 6.10 Å². The molecule has 0 spiro atoms. The van der Waals surface area contributed by atoms with Gasteiger partial charge in [-0.15, -0.1) is 0 Å². The molecule has 0 aromatic carbocycles. The maximum Gasteiger partial charge on any atom is 0.302 e. The molecule has 1 rings (SSSR count). The van der Waals surface area contributed by atoms with E-state index in [0.29, 0.717) is 0 Å². The van der Waals surface area contributed by atoms with Gasteiger partial charge in [-0.05, 0) is 23.7 Å². The monoisotopic (exact) mass is 226 g/mol. The first-order valence-electron chi connectivity index (χ1n) is 6.26. The van der Waals surface area contributed by atoms with Gasteiger partial charge in [-0.3, -0.25) is 4.79 Å². The van der Waals surface area contributed by atoms with E-state index in [9.17, 15) is 4.79 Å². The third-order valence-electron chi connectivity index (χ3n) is 5.57. The third kappa shape index (κ3) is 1.66. The van der Waals surface area contributed by atoms with Crippen molar-refractivity contribution in [1.29, 1.82) is 0 Å². The van der Waals surface area contributed by atoms with Crippen molar-refractivity contribution in [3.05, 3.63) is 0 Å². The lowest BCUT2D eigenvalue weighted by Crippen LogP contribution is -2.42. The van der Waals surface area contributed by atoms with E-state index < -0.39 is 0 Å². The molecule has 0 aliphatic heterocycles. The molecule has 1 aliphatic rings. The van der Waals surface area contributed by atoms with E-state index in [-0.39, 0.29) is 28.3 Å². The van der Waals surface area contributed by atoms with Crippen LogP contribution in [0.25, 0.3) is 0 Å². The van der Waals surface area contributed by atoms with Crippen molar-refractivity contribution in [2.24, 2.45) is 16.2 Å². The number of esters is 1. The molecule has 1 aliphatic carbocycles. The highest BCUT2D eigenvalue weighted by Gasteiger charge is 2.61. The molecule has 16 heavy (non-hydrogen) atoms. The summed E-state index contributed by atoms with van der Waals surface area (Å²) in [6.07, 6.45) is 2.06. The van der Waals surface area contributed by atoms with E-state index in [0.717, 1.165) is 12.8 Å². The van der Waals surface area contributed by atoms with Crippen molar-refractivity contribution >= 4 is 5.97 Å². The average Bonchev–Trinajstić information content (AvgIpc) is 2.24. The summed E-state index contributed by atoms with van der Waals surface area (Å²) in [7, 11) is 0. The van der Waals surface area contributed by atoms with Crippen molar-refractivity contribution in [1.82, 2.24) is 0 Å². The minimum absolute atomic E-state index is 0.0556. The maximum atomic E-state index is 11.2. The van der Waals surface area contributed by atoms with Crippen LogP contribution in [-0.2, 0) is 9.53 Å². The van der Waals surface area contributed by atoms with Crippen molar-refractivity contribution in [3.63, 3.8) is 0 Å². The Labute approximate surface area is 99.8 Å². The van der Waals surface area contributed by atoms with Crippen LogP contribution in [0.5, 0.6) is 0 Å². The Morgan fingerprint density at radius 2 is 1.75 bits per heavy atom. The molecule has 2 unspecified atom stereocenters. The van der Waals surface area contributed by atoms with Gasteiger partial charge in [0.05, 0.1) is 0 Å². The molecular weight excluding hydrogens is 200 g/mol. The summed E-state index contributed by atoms with van der Waals surface area (Å²) in [6.45, 7) is 15.1. The summed E-state index contributed by atoms with van der Waals surface area (Å²) in [6, 6.07) is 0. The normalized spacial score (nSPS) is 36.1. The Bertz CT molecular complexity index is 291. The first kappa shape index (κ1) is 13.5. The zero-order valence-corrected chi connectivity index (χ0v) is 11.8. The molecule has 0 aromatic rings. The first-order chi connectivity index (χ1) is 7.08. The summed E-state index contributed by atoms with van der Waals surface area (Å²) in [5, 5.41) is 0. The molecule has 1 fully saturated rings. The fourth-order valence-electron chi connectivity index (χ4n) is 3.16. The van der Waals surface area contributed by atoms with Crippen LogP contribution < -0.4 is 0 Å². The Morgan fingerprint density at radius 3 is 2.12 bits per heavy atom. The van der Waals surface area contributed by atoms with Crippen molar-refractivity contribution < 1.29 is 9.53 Å². The van der Waals surface area contributed by atoms with Gasteiger partial charge in [0, 0.05) is 12.3 Å². The number of hydrogen-bond donors (Lipinski definition) is 0. The van der Waals surface area contributed by atoms with Crippen molar-refractivity contribution in [2.45, 2.75) is 67.4 Å². The quantitative estimate of drug-likeness (QED) is 0.670. The number of hydrogen-bond acceptors (Lipinski definition) is 2. The predicted molar refractivity (Wildman–Crippen MR) is 66.1 cm³/mol. The molecule has 2 atom stereocenters. The molecule has 0 amide bonds. The molecule has 0 saturated heterocycles. The van der Waals surface area contributed by atoms with Crippen LogP contribution in [0.4, 0.5) is 0 Å². The molecular formula is C14H26O2. The molecule has 0 aromatic heterocycles. The molecule has 0 bridgehead atoms. The molecule has 0 heterocycles. The molecule has 94 valence electrons. The van der Waals surface area contributed by atoms with Crippen LogP contribution in [0, 0.1) is 16.2 Å². The highest BCUT2D eigenvalue weighted by Crippen LogP contribution is 2.64. The second-order valence-electron chi connectivity index (χ2n) is 6.58. The zero-order chi connectivity index (χ0) is 12.8. The van der Waals surface area contributed by atoms with Gasteiger partial charge in [-0.2, -0.15) is 0 Å². The lowest BCUT2D eigenvalue weighted by Gasteiger charge is -2.46. The van der Waals surface area contributed by atoms with Gasteiger partial charge in [-0.25, -0.2) is 0 Å². The van der Waals surface area contributed by atoms with Crippen LogP contribution in [0.3, 0.4) is 0 Å². The highest BCUT2D eigenvalue weighted by atomic mass is 16.5. The van der Waals surface area contributed by atoms with E-state index in [4.69, 9.17) is 4.74 Å². The number of carbonyl (C=O) groups excluding carboxylic acids is 1. The summed E-state index contributed by atoms with van der Waals surface area (Å²) in [4.78, 5) is 11.2. The Hall–Kier alpha value is -0.530. The van der Waals surface area contributed by atoms with Crippen molar-refractivity contribution in [2.75, 3.05) is 0 Å². The van der Waals surface area contributed by atoms with Crippen LogP contribution in [0.15, 0.2) is 0 Å². The van der Waals surface area contributed by atoms with E-state index in [1.807, 2.05) is 0 Å². The number of rotatable bonds is 2. The Balaban J connectivity index is 3.11. The van der Waals surface area contributed by atoms with Crippen LogP contribution >= 0.6 is 0 Å². The Morgan fingerprint density at radius 1 is 1.25 bits per heavy atom. The van der Waals surface area contributed by atoms with E-state index in [2.05, 4.69) is 41.5 Å². The summed E-state index contributed by atoms with van der Waals surface area (Å²) < 4.78 is 5.55. The van der Waals surface area contributed by atoms with E-state index in [1.54, 1.807) is 0 Å². The SMILES string of the molecule is CCC1(C)C(OC(C)=O)CC(C)(C)C1(C)C. The van der Waals surface area contributed by atoms with E-state index in [1.165, 1.54) is 6.92 Å². The lowest BCUT2D eigenvalue weighted by atomic mass is 9.59. The molecule has 2 heteroatoms. The van der Waals surface area contributed by atoms with Gasteiger partial charge in [0.2, 0.25) is 0 Å². The van der Waals surface area contributed by atoms with Crippen LogP contribution in [0.1, 0.15) is 61.3 Å². The lowest BCUT2D eigenvalue weighted by molar-refractivity contribution is -0.154. The van der Waals surface area contributed by atoms with Crippen LogP contribution in [0.2, 0.25) is 0 Å². The number of carbonyl (C=O) groups is 1. The summed E-state index contributed by atoms with van der Waals surface area (Å²) in [5.41, 5.74) is 0.453. The summed E-state index contributed by atoms with van der Waals surface area (Å²) >= 11 is 0. The minimum atomic E-state index is -0.154. The Kier molecular flexibility index (Phi) is 3.17. The third-order valence-corrected chi connectivity index (χ3v) is 5.57. The first-order valence-corrected chi connectivity index (χ1v) is 6.26. The number of ether oxygens (including phenoxy) is 1.